The molecule has 1 saturated heterocycles. The number of amides is 1. The molecule has 1 aliphatic heterocycles. The summed E-state index contributed by atoms with van der Waals surface area (Å²) in [5, 5.41) is 6.41. The minimum atomic E-state index is -2.87. The van der Waals surface area contributed by atoms with Gasteiger partial charge in [0.25, 0.3) is 0 Å². The summed E-state index contributed by atoms with van der Waals surface area (Å²) in [7, 11) is 0. The van der Waals surface area contributed by atoms with Crippen molar-refractivity contribution in [2.45, 2.75) is 32.0 Å². The van der Waals surface area contributed by atoms with Crippen LogP contribution in [0.2, 0.25) is 5.02 Å². The van der Waals surface area contributed by atoms with Crippen LogP contribution in [0, 0.1) is 0 Å². The van der Waals surface area contributed by atoms with E-state index >= 15 is 0 Å². The van der Waals surface area contributed by atoms with E-state index in [1.165, 1.54) is 12.1 Å². The van der Waals surface area contributed by atoms with Gasteiger partial charge in [-0.25, -0.2) is 0 Å². The molecule has 1 fully saturated rings. The van der Waals surface area contributed by atoms with Gasteiger partial charge in [-0.3, -0.25) is 4.79 Å². The number of halogens is 3. The van der Waals surface area contributed by atoms with Gasteiger partial charge in [0.15, 0.2) is 0 Å². The van der Waals surface area contributed by atoms with Crippen molar-refractivity contribution in [2.24, 2.45) is 0 Å². The summed E-state index contributed by atoms with van der Waals surface area (Å²) in [5.41, 5.74) is 0.565. The number of rotatable bonds is 5. The fourth-order valence-corrected chi connectivity index (χ4v) is 2.25. The van der Waals surface area contributed by atoms with Gasteiger partial charge in [0.2, 0.25) is 5.91 Å². The third kappa shape index (κ3) is 4.31. The number of carbonyl (C=O) groups excluding carboxylic acids is 1. The molecule has 2 N–H and O–H groups in total. The van der Waals surface area contributed by atoms with Crippen molar-refractivity contribution < 1.29 is 18.3 Å². The van der Waals surface area contributed by atoms with E-state index in [1.807, 2.05) is 0 Å². The monoisotopic (exact) mass is 304 g/mol. The summed E-state index contributed by atoms with van der Waals surface area (Å²) in [6.07, 6.45) is 1.19. The molecule has 0 saturated carbocycles. The highest BCUT2D eigenvalue weighted by Crippen LogP contribution is 2.24. The molecule has 4 nitrogen and oxygen atoms in total. The Morgan fingerprint density at radius 3 is 2.95 bits per heavy atom. The van der Waals surface area contributed by atoms with E-state index in [9.17, 15) is 13.6 Å². The molecule has 2 rings (SSSR count). The Kier molecular flexibility index (Phi) is 5.14. The van der Waals surface area contributed by atoms with Crippen molar-refractivity contribution in [1.29, 1.82) is 0 Å². The average Bonchev–Trinajstić information content (AvgIpc) is 2.40. The minimum Gasteiger partial charge on any atom is -0.434 e. The molecule has 1 aromatic carbocycles. The van der Waals surface area contributed by atoms with Crippen LogP contribution < -0.4 is 15.4 Å². The normalized spacial score (nSPS) is 19.0. The Morgan fingerprint density at radius 1 is 1.50 bits per heavy atom. The fourth-order valence-electron chi connectivity index (χ4n) is 2.06. The van der Waals surface area contributed by atoms with Crippen LogP contribution in [0.3, 0.4) is 0 Å². The van der Waals surface area contributed by atoms with Gasteiger partial charge in [-0.1, -0.05) is 11.6 Å². The minimum absolute atomic E-state index is 0.0347. The molecule has 0 unspecified atom stereocenters. The molecule has 1 atom stereocenters. The van der Waals surface area contributed by atoms with Crippen LogP contribution in [-0.2, 0) is 11.3 Å². The Morgan fingerprint density at radius 2 is 2.30 bits per heavy atom. The molecule has 0 aliphatic carbocycles. The number of piperidine rings is 1. The quantitative estimate of drug-likeness (QED) is 0.877. The standard InChI is InChI=1S/C13H15ClF2N2O2/c14-9-1-3-11(20-13(15)16)8(5-9)6-17-10-2-4-12(19)18-7-10/h1,3,5,10,13,17H,2,4,6-7H2,(H,18,19)/t10-/m0/s1. The molecule has 110 valence electrons. The Bertz CT molecular complexity index is 475. The number of hydrogen-bond donors (Lipinski definition) is 2. The second-order valence-corrected chi connectivity index (χ2v) is 4.99. The maximum Gasteiger partial charge on any atom is 0.387 e. The smallest absolute Gasteiger partial charge is 0.387 e. The topological polar surface area (TPSA) is 50.4 Å². The second kappa shape index (κ2) is 6.85. The zero-order chi connectivity index (χ0) is 14.5. The van der Waals surface area contributed by atoms with Crippen LogP contribution in [0.5, 0.6) is 5.75 Å². The number of hydrogen-bond acceptors (Lipinski definition) is 3. The predicted molar refractivity (Wildman–Crippen MR) is 71.0 cm³/mol. The first kappa shape index (κ1) is 15.0. The molecule has 0 radical (unpaired) electrons. The molecular formula is C13H15ClF2N2O2. The number of ether oxygens (including phenoxy) is 1. The fraction of sp³-hybridized carbons (Fsp3) is 0.462. The summed E-state index contributed by atoms with van der Waals surface area (Å²) in [4.78, 5) is 11.0. The Balaban J connectivity index is 1.97. The number of benzene rings is 1. The molecule has 0 aromatic heterocycles. The molecule has 1 heterocycles. The zero-order valence-corrected chi connectivity index (χ0v) is 11.4. The third-order valence-corrected chi connectivity index (χ3v) is 3.32. The lowest BCUT2D eigenvalue weighted by Gasteiger charge is -2.24. The highest BCUT2D eigenvalue weighted by molar-refractivity contribution is 6.30. The molecule has 1 aromatic rings. The third-order valence-electron chi connectivity index (χ3n) is 3.09. The van der Waals surface area contributed by atoms with Crippen LogP contribution in [0.25, 0.3) is 0 Å². The van der Waals surface area contributed by atoms with E-state index in [2.05, 4.69) is 15.4 Å². The average molecular weight is 305 g/mol. The Labute approximate surface area is 120 Å². The van der Waals surface area contributed by atoms with Crippen molar-refractivity contribution in [1.82, 2.24) is 10.6 Å². The van der Waals surface area contributed by atoms with E-state index in [4.69, 9.17) is 11.6 Å². The molecule has 20 heavy (non-hydrogen) atoms. The molecule has 1 aliphatic rings. The maximum atomic E-state index is 12.3. The highest BCUT2D eigenvalue weighted by Gasteiger charge is 2.18. The largest absolute Gasteiger partial charge is 0.434 e. The lowest BCUT2D eigenvalue weighted by Crippen LogP contribution is -2.45. The van der Waals surface area contributed by atoms with Crippen LogP contribution >= 0.6 is 11.6 Å². The lowest BCUT2D eigenvalue weighted by atomic mass is 10.1. The summed E-state index contributed by atoms with van der Waals surface area (Å²) in [6, 6.07) is 4.64. The van der Waals surface area contributed by atoms with Gasteiger partial charge in [0, 0.05) is 36.1 Å². The van der Waals surface area contributed by atoms with E-state index in [0.717, 1.165) is 6.42 Å². The van der Waals surface area contributed by atoms with Gasteiger partial charge in [-0.05, 0) is 24.6 Å². The molecular weight excluding hydrogens is 290 g/mol. The Hall–Kier alpha value is -1.40. The first-order valence-electron chi connectivity index (χ1n) is 6.28. The van der Waals surface area contributed by atoms with E-state index in [1.54, 1.807) is 6.07 Å². The number of carbonyl (C=O) groups is 1. The van der Waals surface area contributed by atoms with Crippen LogP contribution in [0.4, 0.5) is 8.78 Å². The van der Waals surface area contributed by atoms with E-state index in [-0.39, 0.29) is 17.7 Å². The molecule has 1 amide bonds. The maximum absolute atomic E-state index is 12.3. The van der Waals surface area contributed by atoms with E-state index < -0.39 is 6.61 Å². The van der Waals surface area contributed by atoms with Gasteiger partial charge < -0.3 is 15.4 Å². The van der Waals surface area contributed by atoms with Crippen molar-refractivity contribution in [3.63, 3.8) is 0 Å². The first-order chi connectivity index (χ1) is 9.54. The molecule has 7 heteroatoms. The SMILES string of the molecule is O=C1CC[C@H](NCc2cc(Cl)ccc2OC(F)F)CN1. The second-order valence-electron chi connectivity index (χ2n) is 4.55. The summed E-state index contributed by atoms with van der Waals surface area (Å²) in [6.45, 7) is -1.99. The zero-order valence-electron chi connectivity index (χ0n) is 10.7. The van der Waals surface area contributed by atoms with Crippen molar-refractivity contribution in [3.05, 3.63) is 28.8 Å². The van der Waals surface area contributed by atoms with Crippen molar-refractivity contribution >= 4 is 17.5 Å². The lowest BCUT2D eigenvalue weighted by molar-refractivity contribution is -0.122. The van der Waals surface area contributed by atoms with Gasteiger partial charge in [-0.2, -0.15) is 8.78 Å². The number of nitrogens with one attached hydrogen (secondary N) is 2. The van der Waals surface area contributed by atoms with Crippen molar-refractivity contribution in [3.8, 4) is 5.75 Å². The van der Waals surface area contributed by atoms with Crippen LogP contribution in [0.15, 0.2) is 18.2 Å². The summed E-state index contributed by atoms with van der Waals surface area (Å²) in [5.74, 6) is 0.143. The van der Waals surface area contributed by atoms with Gasteiger partial charge in [0.05, 0.1) is 0 Å². The highest BCUT2D eigenvalue weighted by atomic mass is 35.5. The predicted octanol–water partition coefficient (Wildman–Crippen LogP) is 2.31. The summed E-state index contributed by atoms with van der Waals surface area (Å²) < 4.78 is 29.1. The van der Waals surface area contributed by atoms with E-state index in [0.29, 0.717) is 30.1 Å². The van der Waals surface area contributed by atoms with Gasteiger partial charge in [-0.15, -0.1) is 0 Å². The van der Waals surface area contributed by atoms with Gasteiger partial charge >= 0.3 is 6.61 Å². The molecule has 0 spiro atoms. The summed E-state index contributed by atoms with van der Waals surface area (Å²) >= 11 is 5.87. The van der Waals surface area contributed by atoms with Gasteiger partial charge in [0.1, 0.15) is 5.75 Å². The molecule has 0 bridgehead atoms. The van der Waals surface area contributed by atoms with Crippen molar-refractivity contribution in [2.75, 3.05) is 6.54 Å². The first-order valence-corrected chi connectivity index (χ1v) is 6.65. The number of alkyl halides is 2. The van der Waals surface area contributed by atoms with Crippen LogP contribution in [0.1, 0.15) is 18.4 Å². The van der Waals surface area contributed by atoms with Crippen LogP contribution in [-0.4, -0.2) is 25.1 Å².